The average molecular weight is 327 g/mol. The van der Waals surface area contributed by atoms with Crippen molar-refractivity contribution in [2.45, 2.75) is 5.60 Å². The van der Waals surface area contributed by atoms with E-state index in [0.717, 1.165) is 11.3 Å². The van der Waals surface area contributed by atoms with Gasteiger partial charge in [0, 0.05) is 5.69 Å². The topological polar surface area (TPSA) is 40.5 Å². The van der Waals surface area contributed by atoms with Crippen LogP contribution in [0.3, 0.4) is 0 Å². The molecule has 0 saturated carbocycles. The van der Waals surface area contributed by atoms with E-state index in [-0.39, 0.29) is 5.91 Å². The van der Waals surface area contributed by atoms with Crippen LogP contribution in [-0.4, -0.2) is 11.0 Å². The van der Waals surface area contributed by atoms with Gasteiger partial charge in [0.05, 0.1) is 5.70 Å². The van der Waals surface area contributed by atoms with Crippen LogP contribution in [0.5, 0.6) is 0 Å². The number of amides is 1. The van der Waals surface area contributed by atoms with E-state index in [4.69, 9.17) is 0 Å². The zero-order valence-corrected chi connectivity index (χ0v) is 13.5. The molecule has 1 N–H and O–H groups in total. The highest BCUT2D eigenvalue weighted by Gasteiger charge is 2.47. The first-order chi connectivity index (χ1) is 12.2. The number of hydrogen-bond acceptors (Lipinski definition) is 2. The predicted octanol–water partition coefficient (Wildman–Crippen LogP) is 3.96. The van der Waals surface area contributed by atoms with Gasteiger partial charge in [0.2, 0.25) is 0 Å². The molecule has 1 aliphatic heterocycles. The fourth-order valence-electron chi connectivity index (χ4n) is 3.16. The molecule has 25 heavy (non-hydrogen) atoms. The number of anilines is 1. The van der Waals surface area contributed by atoms with Crippen LogP contribution in [0.1, 0.15) is 11.1 Å². The molecule has 3 heteroatoms. The number of aliphatic hydroxyl groups is 1. The van der Waals surface area contributed by atoms with Crippen LogP contribution in [-0.2, 0) is 10.4 Å². The molecule has 1 heterocycles. The number of rotatable bonds is 3. The maximum Gasteiger partial charge on any atom is 0.272 e. The number of benzene rings is 3. The molecule has 3 aromatic rings. The van der Waals surface area contributed by atoms with Gasteiger partial charge in [-0.2, -0.15) is 0 Å². The van der Waals surface area contributed by atoms with Crippen molar-refractivity contribution in [3.8, 4) is 0 Å². The lowest BCUT2D eigenvalue weighted by Crippen LogP contribution is -2.39. The van der Waals surface area contributed by atoms with Crippen LogP contribution in [0, 0.1) is 0 Å². The fourth-order valence-corrected chi connectivity index (χ4v) is 3.16. The highest BCUT2D eigenvalue weighted by molar-refractivity contribution is 6.16. The minimum Gasteiger partial charge on any atom is -0.372 e. The minimum absolute atomic E-state index is 0.372. The Morgan fingerprint density at radius 3 is 1.84 bits per heavy atom. The van der Waals surface area contributed by atoms with Crippen molar-refractivity contribution in [3.05, 3.63) is 108 Å². The second kappa shape index (κ2) is 6.04. The van der Waals surface area contributed by atoms with Crippen molar-refractivity contribution in [1.29, 1.82) is 0 Å². The number of hydrogen-bond donors (Lipinski definition) is 1. The zero-order chi connectivity index (χ0) is 17.3. The van der Waals surface area contributed by atoms with Crippen LogP contribution in [0.15, 0.2) is 97.1 Å². The van der Waals surface area contributed by atoms with Gasteiger partial charge in [-0.15, -0.1) is 0 Å². The van der Waals surface area contributed by atoms with Gasteiger partial charge in [0.25, 0.3) is 5.91 Å². The molecule has 4 rings (SSSR count). The highest BCUT2D eigenvalue weighted by atomic mass is 16.3. The van der Waals surface area contributed by atoms with Crippen molar-refractivity contribution in [2.75, 3.05) is 4.90 Å². The van der Waals surface area contributed by atoms with Gasteiger partial charge in [0.15, 0.2) is 5.60 Å². The van der Waals surface area contributed by atoms with E-state index >= 15 is 0 Å². The Labute approximate surface area is 146 Å². The quantitative estimate of drug-likeness (QED) is 0.791. The van der Waals surface area contributed by atoms with Crippen molar-refractivity contribution < 1.29 is 9.90 Å². The molecule has 1 amide bonds. The first-order valence-corrected chi connectivity index (χ1v) is 8.16. The third-order valence-corrected chi connectivity index (χ3v) is 4.41. The molecule has 0 bridgehead atoms. The third-order valence-electron chi connectivity index (χ3n) is 4.41. The Bertz CT molecular complexity index is 920. The van der Waals surface area contributed by atoms with Crippen LogP contribution in [0.25, 0.3) is 5.70 Å². The van der Waals surface area contributed by atoms with Gasteiger partial charge in [-0.3, -0.25) is 9.69 Å². The zero-order valence-electron chi connectivity index (χ0n) is 13.5. The SMILES string of the molecule is O=C1N(c2ccccc2)C(c2ccccc2)=C[C@]1(O)c1ccccc1. The van der Waals surface area contributed by atoms with Gasteiger partial charge < -0.3 is 5.11 Å². The molecular weight excluding hydrogens is 310 g/mol. The lowest BCUT2D eigenvalue weighted by Gasteiger charge is -2.25. The van der Waals surface area contributed by atoms with E-state index in [1.807, 2.05) is 78.9 Å². The van der Waals surface area contributed by atoms with Gasteiger partial charge >= 0.3 is 0 Å². The summed E-state index contributed by atoms with van der Waals surface area (Å²) in [6.45, 7) is 0. The smallest absolute Gasteiger partial charge is 0.272 e. The summed E-state index contributed by atoms with van der Waals surface area (Å²) < 4.78 is 0. The fraction of sp³-hybridized carbons (Fsp3) is 0.0455. The lowest BCUT2D eigenvalue weighted by molar-refractivity contribution is -0.131. The Morgan fingerprint density at radius 1 is 0.720 bits per heavy atom. The van der Waals surface area contributed by atoms with Crippen molar-refractivity contribution in [1.82, 2.24) is 0 Å². The summed E-state index contributed by atoms with van der Waals surface area (Å²) in [5, 5.41) is 11.2. The largest absolute Gasteiger partial charge is 0.372 e. The number of carbonyl (C=O) groups is 1. The van der Waals surface area contributed by atoms with E-state index < -0.39 is 5.60 Å². The molecular formula is C22H17NO2. The molecule has 3 nitrogen and oxygen atoms in total. The Hall–Kier alpha value is -3.17. The van der Waals surface area contributed by atoms with Gasteiger partial charge in [-0.25, -0.2) is 0 Å². The van der Waals surface area contributed by atoms with Gasteiger partial charge in [0.1, 0.15) is 0 Å². The third kappa shape index (κ3) is 2.55. The normalized spacial score (nSPS) is 19.8. The second-order valence-electron chi connectivity index (χ2n) is 6.00. The van der Waals surface area contributed by atoms with Gasteiger partial charge in [-0.1, -0.05) is 78.9 Å². The summed E-state index contributed by atoms with van der Waals surface area (Å²) in [6, 6.07) is 28.1. The van der Waals surface area contributed by atoms with Gasteiger partial charge in [-0.05, 0) is 29.3 Å². The van der Waals surface area contributed by atoms with Crippen LogP contribution in [0.2, 0.25) is 0 Å². The Kier molecular flexibility index (Phi) is 3.71. The van der Waals surface area contributed by atoms with E-state index in [1.165, 1.54) is 0 Å². The first kappa shape index (κ1) is 15.4. The molecule has 0 radical (unpaired) electrons. The Balaban J connectivity index is 1.90. The van der Waals surface area contributed by atoms with E-state index in [2.05, 4.69) is 0 Å². The predicted molar refractivity (Wildman–Crippen MR) is 98.7 cm³/mol. The number of nitrogens with zero attached hydrogens (tertiary/aromatic N) is 1. The van der Waals surface area contributed by atoms with Crippen LogP contribution in [0.4, 0.5) is 5.69 Å². The lowest BCUT2D eigenvalue weighted by atomic mass is 9.94. The molecule has 1 atom stereocenters. The van der Waals surface area contributed by atoms with Crippen molar-refractivity contribution >= 4 is 17.3 Å². The summed E-state index contributed by atoms with van der Waals surface area (Å²) >= 11 is 0. The standard InChI is InChI=1S/C22H17NO2/c24-21-22(25,18-12-6-2-7-13-18)16-20(17-10-4-1-5-11-17)23(21)19-14-8-3-9-15-19/h1-16,25H/t22-/m0/s1. The molecule has 122 valence electrons. The maximum atomic E-state index is 13.2. The van der Waals surface area contributed by atoms with E-state index in [0.29, 0.717) is 11.3 Å². The van der Waals surface area contributed by atoms with Crippen molar-refractivity contribution in [3.63, 3.8) is 0 Å². The summed E-state index contributed by atoms with van der Waals surface area (Å²) in [4.78, 5) is 14.8. The highest BCUT2D eigenvalue weighted by Crippen LogP contribution is 2.41. The molecule has 0 aliphatic carbocycles. The molecule has 0 aromatic heterocycles. The second-order valence-corrected chi connectivity index (χ2v) is 6.00. The maximum absolute atomic E-state index is 13.2. The summed E-state index contributed by atoms with van der Waals surface area (Å²) in [5.41, 5.74) is 1.18. The monoisotopic (exact) mass is 327 g/mol. The summed E-state index contributed by atoms with van der Waals surface area (Å²) in [6.07, 6.45) is 1.65. The van der Waals surface area contributed by atoms with E-state index in [9.17, 15) is 9.90 Å². The van der Waals surface area contributed by atoms with Crippen molar-refractivity contribution in [2.24, 2.45) is 0 Å². The number of carbonyl (C=O) groups excluding carboxylic acids is 1. The molecule has 0 spiro atoms. The van der Waals surface area contributed by atoms with E-state index in [1.54, 1.807) is 23.1 Å². The minimum atomic E-state index is -1.68. The van der Waals surface area contributed by atoms with Crippen LogP contribution < -0.4 is 4.90 Å². The average Bonchev–Trinajstić information content (AvgIpc) is 2.96. The molecule has 1 aliphatic rings. The summed E-state index contributed by atoms with van der Waals surface area (Å²) in [5.74, 6) is -0.372. The molecule has 0 saturated heterocycles. The molecule has 3 aromatic carbocycles. The number of para-hydroxylation sites is 1. The molecule has 0 fully saturated rings. The molecule has 0 unspecified atom stereocenters. The first-order valence-electron chi connectivity index (χ1n) is 8.16. The van der Waals surface area contributed by atoms with Crippen LogP contribution >= 0.6 is 0 Å². The Morgan fingerprint density at radius 2 is 1.24 bits per heavy atom. The summed E-state index contributed by atoms with van der Waals surface area (Å²) in [7, 11) is 0.